The number of aromatic nitrogens is 1. The smallest absolute Gasteiger partial charge is 0.311 e. The van der Waals surface area contributed by atoms with Crippen molar-refractivity contribution in [3.8, 4) is 5.75 Å². The third-order valence-corrected chi connectivity index (χ3v) is 4.65. The average Bonchev–Trinajstić information content (AvgIpc) is 2.93. The molecule has 1 saturated heterocycles. The quantitative estimate of drug-likeness (QED) is 0.593. The number of carbonyl (C=O) groups excluding carboxylic acids is 1. The zero-order chi connectivity index (χ0) is 19.2. The van der Waals surface area contributed by atoms with Crippen LogP contribution in [0.1, 0.15) is 22.3 Å². The van der Waals surface area contributed by atoms with Crippen LogP contribution in [0.15, 0.2) is 42.7 Å². The van der Waals surface area contributed by atoms with Gasteiger partial charge in [0.2, 0.25) is 0 Å². The topological polar surface area (TPSA) is 88.8 Å². The molecule has 27 heavy (non-hydrogen) atoms. The maximum absolute atomic E-state index is 12.6. The largest absolute Gasteiger partial charge is 0.490 e. The van der Waals surface area contributed by atoms with Crippen LogP contribution < -0.4 is 4.74 Å². The summed E-state index contributed by atoms with van der Waals surface area (Å²) in [6.07, 6.45) is 4.09. The Morgan fingerprint density at radius 3 is 2.67 bits per heavy atom. The third-order valence-electron chi connectivity index (χ3n) is 4.65. The van der Waals surface area contributed by atoms with Gasteiger partial charge < -0.3 is 9.64 Å². The van der Waals surface area contributed by atoms with Crippen molar-refractivity contribution in [1.82, 2.24) is 14.8 Å². The predicted molar refractivity (Wildman–Crippen MR) is 99.7 cm³/mol. The number of benzene rings is 1. The Balaban J connectivity index is 1.64. The molecule has 1 aliphatic heterocycles. The minimum atomic E-state index is -0.431. The van der Waals surface area contributed by atoms with Gasteiger partial charge in [0.25, 0.3) is 5.91 Å². The van der Waals surface area contributed by atoms with E-state index in [1.165, 1.54) is 7.11 Å². The molecule has 0 N–H and O–H groups in total. The molecule has 1 fully saturated rings. The van der Waals surface area contributed by atoms with Gasteiger partial charge in [-0.3, -0.25) is 24.8 Å². The van der Waals surface area contributed by atoms with E-state index in [-0.39, 0.29) is 17.3 Å². The minimum Gasteiger partial charge on any atom is -0.490 e. The van der Waals surface area contributed by atoms with Gasteiger partial charge in [-0.25, -0.2) is 0 Å². The summed E-state index contributed by atoms with van der Waals surface area (Å²) in [6, 6.07) is 8.48. The molecule has 2 aromatic rings. The van der Waals surface area contributed by atoms with E-state index in [0.29, 0.717) is 25.2 Å². The van der Waals surface area contributed by atoms with Crippen LogP contribution in [0.4, 0.5) is 5.69 Å². The summed E-state index contributed by atoms with van der Waals surface area (Å²) in [7, 11) is 1.42. The molecule has 0 atom stereocenters. The molecule has 8 heteroatoms. The average molecular weight is 370 g/mol. The SMILES string of the molecule is COc1ccc(CN2CCCN(C(=O)c3ccncc3)CC2)cc1[N+](=O)[O-]. The van der Waals surface area contributed by atoms with Crippen LogP contribution in [0.3, 0.4) is 0 Å². The van der Waals surface area contributed by atoms with Crippen molar-refractivity contribution in [2.24, 2.45) is 0 Å². The lowest BCUT2D eigenvalue weighted by Gasteiger charge is -2.22. The van der Waals surface area contributed by atoms with Gasteiger partial charge in [-0.15, -0.1) is 0 Å². The Hall–Kier alpha value is -3.00. The van der Waals surface area contributed by atoms with Crippen molar-refractivity contribution >= 4 is 11.6 Å². The highest BCUT2D eigenvalue weighted by Crippen LogP contribution is 2.28. The molecular formula is C19H22N4O4. The van der Waals surface area contributed by atoms with E-state index in [1.807, 2.05) is 11.0 Å². The number of pyridine rings is 1. The second-order valence-corrected chi connectivity index (χ2v) is 6.42. The van der Waals surface area contributed by atoms with E-state index in [9.17, 15) is 14.9 Å². The minimum absolute atomic E-state index is 0.0133. The van der Waals surface area contributed by atoms with Crippen LogP contribution in [-0.2, 0) is 6.54 Å². The number of hydrogen-bond acceptors (Lipinski definition) is 6. The summed E-state index contributed by atoms with van der Waals surface area (Å²) in [4.78, 5) is 31.4. The van der Waals surface area contributed by atoms with E-state index in [0.717, 1.165) is 25.1 Å². The van der Waals surface area contributed by atoms with E-state index >= 15 is 0 Å². The van der Waals surface area contributed by atoms with Gasteiger partial charge in [0.15, 0.2) is 5.75 Å². The maximum atomic E-state index is 12.6. The Labute approximate surface area is 157 Å². The summed E-state index contributed by atoms with van der Waals surface area (Å²) >= 11 is 0. The van der Waals surface area contributed by atoms with Crippen LogP contribution in [0.25, 0.3) is 0 Å². The maximum Gasteiger partial charge on any atom is 0.311 e. The summed E-state index contributed by atoms with van der Waals surface area (Å²) < 4.78 is 5.05. The first-order valence-corrected chi connectivity index (χ1v) is 8.81. The number of amides is 1. The molecule has 0 unspecified atom stereocenters. The van der Waals surface area contributed by atoms with Crippen LogP contribution in [-0.4, -0.2) is 58.9 Å². The van der Waals surface area contributed by atoms with E-state index in [1.54, 1.807) is 36.7 Å². The van der Waals surface area contributed by atoms with Gasteiger partial charge in [-0.05, 0) is 30.2 Å². The molecule has 1 amide bonds. The van der Waals surface area contributed by atoms with Gasteiger partial charge in [-0.2, -0.15) is 0 Å². The van der Waals surface area contributed by atoms with E-state index in [2.05, 4.69) is 9.88 Å². The van der Waals surface area contributed by atoms with Crippen molar-refractivity contribution in [1.29, 1.82) is 0 Å². The number of carbonyl (C=O) groups is 1. The lowest BCUT2D eigenvalue weighted by Crippen LogP contribution is -2.35. The van der Waals surface area contributed by atoms with Crippen LogP contribution >= 0.6 is 0 Å². The van der Waals surface area contributed by atoms with Gasteiger partial charge >= 0.3 is 5.69 Å². The highest BCUT2D eigenvalue weighted by molar-refractivity contribution is 5.94. The van der Waals surface area contributed by atoms with Crippen molar-refractivity contribution in [2.45, 2.75) is 13.0 Å². The van der Waals surface area contributed by atoms with Crippen LogP contribution in [0.2, 0.25) is 0 Å². The fourth-order valence-corrected chi connectivity index (χ4v) is 3.24. The molecule has 8 nitrogen and oxygen atoms in total. The standard InChI is InChI=1S/C19H22N4O4/c1-27-18-4-3-15(13-17(18)23(25)26)14-21-9-2-10-22(12-11-21)19(24)16-5-7-20-8-6-16/h3-8,13H,2,9-12,14H2,1H3. The fourth-order valence-electron chi connectivity index (χ4n) is 3.24. The monoisotopic (exact) mass is 370 g/mol. The molecular weight excluding hydrogens is 348 g/mol. The summed E-state index contributed by atoms with van der Waals surface area (Å²) in [5.74, 6) is 0.271. The summed E-state index contributed by atoms with van der Waals surface area (Å²) in [5, 5.41) is 11.2. The van der Waals surface area contributed by atoms with Crippen molar-refractivity contribution < 1.29 is 14.5 Å². The molecule has 2 heterocycles. The van der Waals surface area contributed by atoms with Gasteiger partial charge in [0.1, 0.15) is 0 Å². The first kappa shape index (κ1) is 18.8. The first-order chi connectivity index (χ1) is 13.1. The highest BCUT2D eigenvalue weighted by Gasteiger charge is 2.21. The Kier molecular flexibility index (Phi) is 5.97. The van der Waals surface area contributed by atoms with Crippen LogP contribution in [0, 0.1) is 10.1 Å². The van der Waals surface area contributed by atoms with Gasteiger partial charge in [0, 0.05) is 56.7 Å². The number of nitro benzene ring substituents is 1. The molecule has 1 aromatic heterocycles. The van der Waals surface area contributed by atoms with E-state index in [4.69, 9.17) is 4.74 Å². The molecule has 0 saturated carbocycles. The molecule has 0 aliphatic carbocycles. The molecule has 0 spiro atoms. The van der Waals surface area contributed by atoms with Gasteiger partial charge in [0.05, 0.1) is 12.0 Å². The second kappa shape index (κ2) is 8.59. The predicted octanol–water partition coefficient (Wildman–Crippen LogP) is 2.35. The fraction of sp³-hybridized carbons (Fsp3) is 0.368. The normalized spacial score (nSPS) is 15.2. The second-order valence-electron chi connectivity index (χ2n) is 6.42. The van der Waals surface area contributed by atoms with Crippen molar-refractivity contribution in [3.63, 3.8) is 0 Å². The van der Waals surface area contributed by atoms with Crippen LogP contribution in [0.5, 0.6) is 5.75 Å². The number of rotatable bonds is 5. The van der Waals surface area contributed by atoms with Crippen molar-refractivity contribution in [2.75, 3.05) is 33.3 Å². The summed E-state index contributed by atoms with van der Waals surface area (Å²) in [6.45, 7) is 3.47. The zero-order valence-electron chi connectivity index (χ0n) is 15.2. The van der Waals surface area contributed by atoms with Crippen molar-refractivity contribution in [3.05, 3.63) is 64.0 Å². The molecule has 3 rings (SSSR count). The first-order valence-electron chi connectivity index (χ1n) is 8.81. The summed E-state index contributed by atoms with van der Waals surface area (Å²) in [5.41, 5.74) is 1.47. The third kappa shape index (κ3) is 4.59. The Bertz CT molecular complexity index is 813. The molecule has 0 radical (unpaired) electrons. The number of nitrogens with zero attached hydrogens (tertiary/aromatic N) is 4. The van der Waals surface area contributed by atoms with Gasteiger partial charge in [-0.1, -0.05) is 6.07 Å². The molecule has 1 aliphatic rings. The molecule has 0 bridgehead atoms. The van der Waals surface area contributed by atoms with E-state index < -0.39 is 4.92 Å². The number of hydrogen-bond donors (Lipinski definition) is 0. The highest BCUT2D eigenvalue weighted by atomic mass is 16.6. The number of ether oxygens (including phenoxy) is 1. The number of nitro groups is 1. The lowest BCUT2D eigenvalue weighted by atomic mass is 10.1. The molecule has 142 valence electrons. The Morgan fingerprint density at radius 1 is 1.19 bits per heavy atom. The molecule has 1 aromatic carbocycles. The zero-order valence-corrected chi connectivity index (χ0v) is 15.2. The Morgan fingerprint density at radius 2 is 1.96 bits per heavy atom. The number of methoxy groups -OCH3 is 1. The lowest BCUT2D eigenvalue weighted by molar-refractivity contribution is -0.385.